The van der Waals surface area contributed by atoms with Crippen molar-refractivity contribution >= 4 is 0 Å². The second-order valence-electron chi connectivity index (χ2n) is 4.26. The first-order chi connectivity index (χ1) is 7.25. The molecular formula is C11H18FN3. The van der Waals surface area contributed by atoms with E-state index >= 15 is 0 Å². The standard InChI is InChI=1S/C11H18FN3/c1-15-7-5-9(14-15)8-10(12)11-4-2-3-6-13-11/h5,7,10-11,13H,2-4,6,8H2,1H3. The Morgan fingerprint density at radius 3 is 3.13 bits per heavy atom. The Bertz CT molecular complexity index is 305. The van der Waals surface area contributed by atoms with Gasteiger partial charge in [-0.25, -0.2) is 4.39 Å². The van der Waals surface area contributed by atoms with Crippen LogP contribution < -0.4 is 5.32 Å². The Balaban J connectivity index is 1.88. The Morgan fingerprint density at radius 2 is 2.53 bits per heavy atom. The molecule has 4 heteroatoms. The zero-order chi connectivity index (χ0) is 10.7. The molecule has 15 heavy (non-hydrogen) atoms. The van der Waals surface area contributed by atoms with Crippen LogP contribution in [0, 0.1) is 0 Å². The zero-order valence-electron chi connectivity index (χ0n) is 9.12. The molecule has 2 unspecified atom stereocenters. The van der Waals surface area contributed by atoms with Crippen LogP contribution >= 0.6 is 0 Å². The lowest BCUT2D eigenvalue weighted by atomic mass is 9.98. The summed E-state index contributed by atoms with van der Waals surface area (Å²) in [7, 11) is 1.86. The van der Waals surface area contributed by atoms with E-state index in [1.807, 2.05) is 19.3 Å². The fourth-order valence-corrected chi connectivity index (χ4v) is 2.10. The van der Waals surface area contributed by atoms with Crippen LogP contribution in [-0.2, 0) is 13.5 Å². The lowest BCUT2D eigenvalue weighted by Crippen LogP contribution is -2.42. The SMILES string of the molecule is Cn1ccc(CC(F)C2CCCCN2)n1. The maximum atomic E-state index is 13.9. The predicted molar refractivity (Wildman–Crippen MR) is 57.4 cm³/mol. The molecule has 1 N–H and O–H groups in total. The molecule has 0 aromatic carbocycles. The van der Waals surface area contributed by atoms with Gasteiger partial charge in [-0.3, -0.25) is 4.68 Å². The lowest BCUT2D eigenvalue weighted by Gasteiger charge is -2.26. The van der Waals surface area contributed by atoms with Crippen molar-refractivity contribution in [1.82, 2.24) is 15.1 Å². The van der Waals surface area contributed by atoms with Crippen molar-refractivity contribution in [2.24, 2.45) is 7.05 Å². The first kappa shape index (κ1) is 10.6. The molecule has 84 valence electrons. The van der Waals surface area contributed by atoms with Crippen molar-refractivity contribution in [3.8, 4) is 0 Å². The van der Waals surface area contributed by atoms with Crippen LogP contribution in [0.15, 0.2) is 12.3 Å². The molecule has 2 rings (SSSR count). The number of alkyl halides is 1. The number of halogens is 1. The summed E-state index contributed by atoms with van der Waals surface area (Å²) in [5, 5.41) is 7.43. The summed E-state index contributed by atoms with van der Waals surface area (Å²) in [4.78, 5) is 0. The van der Waals surface area contributed by atoms with Gasteiger partial charge in [0.05, 0.1) is 5.69 Å². The highest BCUT2D eigenvalue weighted by atomic mass is 19.1. The molecule has 1 saturated heterocycles. The summed E-state index contributed by atoms with van der Waals surface area (Å²) >= 11 is 0. The van der Waals surface area contributed by atoms with Crippen molar-refractivity contribution in [2.75, 3.05) is 6.54 Å². The summed E-state index contributed by atoms with van der Waals surface area (Å²) < 4.78 is 15.6. The van der Waals surface area contributed by atoms with Gasteiger partial charge in [0.1, 0.15) is 6.17 Å². The van der Waals surface area contributed by atoms with E-state index in [9.17, 15) is 4.39 Å². The van der Waals surface area contributed by atoms with E-state index in [2.05, 4.69) is 10.4 Å². The summed E-state index contributed by atoms with van der Waals surface area (Å²) in [6, 6.07) is 1.91. The average molecular weight is 211 g/mol. The summed E-state index contributed by atoms with van der Waals surface area (Å²) in [5.74, 6) is 0. The monoisotopic (exact) mass is 211 g/mol. The molecule has 0 amide bonds. The molecule has 2 atom stereocenters. The van der Waals surface area contributed by atoms with E-state index in [0.29, 0.717) is 6.42 Å². The highest BCUT2D eigenvalue weighted by molar-refractivity contribution is 5.02. The number of aromatic nitrogens is 2. The van der Waals surface area contributed by atoms with E-state index < -0.39 is 6.17 Å². The van der Waals surface area contributed by atoms with Gasteiger partial charge in [-0.2, -0.15) is 5.10 Å². The number of rotatable bonds is 3. The largest absolute Gasteiger partial charge is 0.311 e. The maximum Gasteiger partial charge on any atom is 0.121 e. The minimum Gasteiger partial charge on any atom is -0.311 e. The molecule has 3 nitrogen and oxygen atoms in total. The van der Waals surface area contributed by atoms with Crippen molar-refractivity contribution in [3.63, 3.8) is 0 Å². The van der Waals surface area contributed by atoms with Crippen LogP contribution in [0.25, 0.3) is 0 Å². The first-order valence-corrected chi connectivity index (χ1v) is 5.61. The molecular weight excluding hydrogens is 193 g/mol. The van der Waals surface area contributed by atoms with Crippen LogP contribution in [0.1, 0.15) is 25.0 Å². The summed E-state index contributed by atoms with van der Waals surface area (Å²) in [6.45, 7) is 0.952. The smallest absolute Gasteiger partial charge is 0.121 e. The summed E-state index contributed by atoms with van der Waals surface area (Å²) in [5.41, 5.74) is 0.845. The van der Waals surface area contributed by atoms with Crippen LogP contribution in [0.5, 0.6) is 0 Å². The van der Waals surface area contributed by atoms with Crippen LogP contribution in [0.4, 0.5) is 4.39 Å². The second-order valence-corrected chi connectivity index (χ2v) is 4.26. The Morgan fingerprint density at radius 1 is 1.67 bits per heavy atom. The number of nitrogens with zero attached hydrogens (tertiary/aromatic N) is 2. The topological polar surface area (TPSA) is 29.9 Å². The van der Waals surface area contributed by atoms with Gasteiger partial charge in [-0.1, -0.05) is 6.42 Å². The highest BCUT2D eigenvalue weighted by Crippen LogP contribution is 2.15. The van der Waals surface area contributed by atoms with E-state index in [4.69, 9.17) is 0 Å². The zero-order valence-corrected chi connectivity index (χ0v) is 9.12. The molecule has 0 bridgehead atoms. The van der Waals surface area contributed by atoms with Gasteiger partial charge in [-0.05, 0) is 25.5 Å². The number of aryl methyl sites for hydroxylation is 1. The third-order valence-corrected chi connectivity index (χ3v) is 2.96. The third-order valence-electron chi connectivity index (χ3n) is 2.96. The molecule has 1 fully saturated rings. The van der Waals surface area contributed by atoms with Crippen LogP contribution in [0.2, 0.25) is 0 Å². The quantitative estimate of drug-likeness (QED) is 0.820. The van der Waals surface area contributed by atoms with Gasteiger partial charge in [0.2, 0.25) is 0 Å². The van der Waals surface area contributed by atoms with Crippen molar-refractivity contribution in [3.05, 3.63) is 18.0 Å². The van der Waals surface area contributed by atoms with Crippen LogP contribution in [0.3, 0.4) is 0 Å². The van der Waals surface area contributed by atoms with Crippen molar-refractivity contribution in [2.45, 2.75) is 37.9 Å². The number of hydrogen-bond donors (Lipinski definition) is 1. The fraction of sp³-hybridized carbons (Fsp3) is 0.727. The predicted octanol–water partition coefficient (Wildman–Crippen LogP) is 1.44. The Labute approximate surface area is 89.7 Å². The Hall–Kier alpha value is -0.900. The number of hydrogen-bond acceptors (Lipinski definition) is 2. The molecule has 1 aliphatic heterocycles. The van der Waals surface area contributed by atoms with Gasteiger partial charge in [0.25, 0.3) is 0 Å². The lowest BCUT2D eigenvalue weighted by molar-refractivity contribution is 0.215. The number of piperidine rings is 1. The van der Waals surface area contributed by atoms with Gasteiger partial charge >= 0.3 is 0 Å². The van der Waals surface area contributed by atoms with E-state index in [1.165, 1.54) is 6.42 Å². The highest BCUT2D eigenvalue weighted by Gasteiger charge is 2.23. The summed E-state index contributed by atoms with van der Waals surface area (Å²) in [6.07, 6.45) is 4.75. The molecule has 1 aromatic rings. The molecule has 0 radical (unpaired) electrons. The normalized spacial score (nSPS) is 24.0. The van der Waals surface area contributed by atoms with Crippen molar-refractivity contribution < 1.29 is 4.39 Å². The average Bonchev–Trinajstić information content (AvgIpc) is 2.65. The molecule has 0 saturated carbocycles. The minimum atomic E-state index is -0.805. The molecule has 1 aromatic heterocycles. The Kier molecular flexibility index (Phi) is 3.36. The fourth-order valence-electron chi connectivity index (χ4n) is 2.10. The van der Waals surface area contributed by atoms with Gasteiger partial charge in [0.15, 0.2) is 0 Å². The van der Waals surface area contributed by atoms with E-state index in [-0.39, 0.29) is 6.04 Å². The van der Waals surface area contributed by atoms with Crippen LogP contribution in [-0.4, -0.2) is 28.5 Å². The molecule has 1 aliphatic rings. The van der Waals surface area contributed by atoms with Crippen molar-refractivity contribution in [1.29, 1.82) is 0 Å². The molecule has 0 spiro atoms. The van der Waals surface area contributed by atoms with Gasteiger partial charge < -0.3 is 5.32 Å². The molecule has 2 heterocycles. The first-order valence-electron chi connectivity index (χ1n) is 5.61. The number of nitrogens with one attached hydrogen (secondary N) is 1. The maximum absolute atomic E-state index is 13.9. The van der Waals surface area contributed by atoms with E-state index in [0.717, 1.165) is 25.1 Å². The van der Waals surface area contributed by atoms with Gasteiger partial charge in [-0.15, -0.1) is 0 Å². The minimum absolute atomic E-state index is 0.0285. The van der Waals surface area contributed by atoms with Gasteiger partial charge in [0, 0.05) is 25.7 Å². The second kappa shape index (κ2) is 4.75. The third kappa shape index (κ3) is 2.78. The molecule has 0 aliphatic carbocycles. The van der Waals surface area contributed by atoms with E-state index in [1.54, 1.807) is 4.68 Å².